The van der Waals surface area contributed by atoms with Gasteiger partial charge in [0.2, 0.25) is 0 Å². The molecule has 10 heteroatoms. The maximum atomic E-state index is 13.5. The molecular weight excluding hydrogens is 380 g/mol. The number of halogens is 5. The van der Waals surface area contributed by atoms with Crippen LogP contribution in [0.4, 0.5) is 13.2 Å². The van der Waals surface area contributed by atoms with E-state index in [4.69, 9.17) is 11.6 Å². The molecule has 5 nitrogen and oxygen atoms in total. The van der Waals surface area contributed by atoms with Gasteiger partial charge < -0.3 is 10.6 Å². The minimum atomic E-state index is -4.73. The summed E-state index contributed by atoms with van der Waals surface area (Å²) in [6.45, 7) is 1.26. The van der Waals surface area contributed by atoms with Gasteiger partial charge in [-0.1, -0.05) is 11.6 Å². The summed E-state index contributed by atoms with van der Waals surface area (Å²) in [5.41, 5.74) is -1.43. The fourth-order valence-electron chi connectivity index (χ4n) is 2.61. The van der Waals surface area contributed by atoms with Crippen molar-refractivity contribution >= 4 is 29.9 Å². The van der Waals surface area contributed by atoms with Gasteiger partial charge in [0.25, 0.3) is 5.91 Å². The summed E-state index contributed by atoms with van der Waals surface area (Å²) in [6.07, 6.45) is -3.11. The zero-order valence-electron chi connectivity index (χ0n) is 12.8. The third-order valence-corrected chi connectivity index (χ3v) is 4.00. The van der Waals surface area contributed by atoms with Crippen molar-refractivity contribution < 1.29 is 18.0 Å². The van der Waals surface area contributed by atoms with Crippen LogP contribution >= 0.6 is 24.0 Å². The van der Waals surface area contributed by atoms with Crippen molar-refractivity contribution in [2.45, 2.75) is 18.6 Å². The summed E-state index contributed by atoms with van der Waals surface area (Å²) < 4.78 is 41.2. The van der Waals surface area contributed by atoms with Crippen LogP contribution in [0.2, 0.25) is 5.02 Å². The second-order valence-electron chi connectivity index (χ2n) is 5.46. The largest absolute Gasteiger partial charge is 0.434 e. The maximum Gasteiger partial charge on any atom is 0.434 e. The number of amides is 1. The first-order valence-corrected chi connectivity index (χ1v) is 7.67. The summed E-state index contributed by atoms with van der Waals surface area (Å²) in [5.74, 6) is -0.781. The number of nitrogens with zero attached hydrogens (tertiary/aromatic N) is 2. The minimum Gasteiger partial charge on any atom is -0.348 e. The van der Waals surface area contributed by atoms with Crippen molar-refractivity contribution in [3.63, 3.8) is 0 Å². The highest BCUT2D eigenvalue weighted by molar-refractivity contribution is 6.30. The molecule has 25 heavy (non-hydrogen) atoms. The highest BCUT2D eigenvalue weighted by atomic mass is 35.5. The average Bonchev–Trinajstić information content (AvgIpc) is 3.16. The Labute approximate surface area is 152 Å². The van der Waals surface area contributed by atoms with Gasteiger partial charge in [-0.05, 0) is 37.2 Å². The molecule has 1 aromatic carbocycles. The zero-order chi connectivity index (χ0) is 17.3. The van der Waals surface area contributed by atoms with Crippen LogP contribution in [0.3, 0.4) is 0 Å². The molecule has 0 spiro atoms. The molecule has 1 fully saturated rings. The summed E-state index contributed by atoms with van der Waals surface area (Å²) in [5, 5.41) is 9.80. The average molecular weight is 395 g/mol. The molecule has 2 aromatic rings. The number of hydrogen-bond donors (Lipinski definition) is 2. The van der Waals surface area contributed by atoms with Crippen LogP contribution in [-0.2, 0) is 6.18 Å². The van der Waals surface area contributed by atoms with E-state index in [9.17, 15) is 18.0 Å². The molecule has 2 heterocycles. The molecule has 1 saturated heterocycles. The first kappa shape index (κ1) is 19.6. The van der Waals surface area contributed by atoms with Crippen LogP contribution in [0.1, 0.15) is 22.5 Å². The van der Waals surface area contributed by atoms with E-state index in [-0.39, 0.29) is 24.1 Å². The molecule has 2 N–H and O–H groups in total. The van der Waals surface area contributed by atoms with Crippen molar-refractivity contribution in [1.82, 2.24) is 20.4 Å². The standard InChI is InChI=1S/C15H14ClF3N4O.ClH/c16-9-1-3-11(4-2-9)23-13(15(17,18)19)12(8-21-23)14(24)22-10-5-6-20-7-10;/h1-4,8,10,20H,5-7H2,(H,22,24);1H. The molecule has 136 valence electrons. The van der Waals surface area contributed by atoms with Crippen LogP contribution in [0.25, 0.3) is 5.69 Å². The predicted molar refractivity (Wildman–Crippen MR) is 89.6 cm³/mol. The molecule has 0 aliphatic carbocycles. The first-order chi connectivity index (χ1) is 11.4. The lowest BCUT2D eigenvalue weighted by atomic mass is 10.2. The maximum absolute atomic E-state index is 13.5. The van der Waals surface area contributed by atoms with E-state index in [1.54, 1.807) is 0 Å². The topological polar surface area (TPSA) is 59.0 Å². The highest BCUT2D eigenvalue weighted by Crippen LogP contribution is 2.33. The van der Waals surface area contributed by atoms with E-state index in [2.05, 4.69) is 15.7 Å². The van der Waals surface area contributed by atoms with Gasteiger partial charge in [-0.25, -0.2) is 4.68 Å². The lowest BCUT2D eigenvalue weighted by molar-refractivity contribution is -0.143. The van der Waals surface area contributed by atoms with E-state index < -0.39 is 23.3 Å². The molecule has 3 rings (SSSR count). The van der Waals surface area contributed by atoms with Gasteiger partial charge in [-0.3, -0.25) is 4.79 Å². The second kappa shape index (κ2) is 7.63. The first-order valence-electron chi connectivity index (χ1n) is 7.29. The van der Waals surface area contributed by atoms with Gasteiger partial charge in [0, 0.05) is 17.6 Å². The Balaban J connectivity index is 0.00000225. The Morgan fingerprint density at radius 1 is 1.32 bits per heavy atom. The lowest BCUT2D eigenvalue weighted by Crippen LogP contribution is -2.37. The summed E-state index contributed by atoms with van der Waals surface area (Å²) >= 11 is 5.76. The van der Waals surface area contributed by atoms with Crippen molar-refractivity contribution in [1.29, 1.82) is 0 Å². The zero-order valence-corrected chi connectivity index (χ0v) is 14.4. The number of alkyl halides is 3. The van der Waals surface area contributed by atoms with Gasteiger partial charge in [-0.15, -0.1) is 12.4 Å². The number of benzene rings is 1. The van der Waals surface area contributed by atoms with Crippen molar-refractivity contribution in [3.8, 4) is 5.69 Å². The number of nitrogens with one attached hydrogen (secondary N) is 2. The van der Waals surface area contributed by atoms with Crippen LogP contribution in [0.5, 0.6) is 0 Å². The van der Waals surface area contributed by atoms with Gasteiger partial charge in [0.05, 0.1) is 17.4 Å². The van der Waals surface area contributed by atoms with Crippen molar-refractivity contribution in [3.05, 3.63) is 46.7 Å². The summed E-state index contributed by atoms with van der Waals surface area (Å²) in [6, 6.07) is 5.56. The predicted octanol–water partition coefficient (Wildman–Crippen LogP) is 3.06. The molecular formula is C15H15Cl2F3N4O. The number of aromatic nitrogens is 2. The molecule has 1 atom stereocenters. The van der Waals surface area contributed by atoms with Crippen LogP contribution in [0, 0.1) is 0 Å². The smallest absolute Gasteiger partial charge is 0.348 e. The molecule has 1 amide bonds. The van der Waals surface area contributed by atoms with E-state index in [0.717, 1.165) is 12.7 Å². The molecule has 1 aromatic heterocycles. The molecule has 1 aliphatic rings. The molecule has 1 unspecified atom stereocenters. The number of carbonyl (C=O) groups is 1. The fraction of sp³-hybridized carbons (Fsp3) is 0.333. The minimum absolute atomic E-state index is 0. The van der Waals surface area contributed by atoms with Crippen molar-refractivity contribution in [2.75, 3.05) is 13.1 Å². The Kier molecular flexibility index (Phi) is 5.97. The number of rotatable bonds is 3. The molecule has 0 radical (unpaired) electrons. The van der Waals surface area contributed by atoms with Gasteiger partial charge in [-0.2, -0.15) is 18.3 Å². The quantitative estimate of drug-likeness (QED) is 0.840. The number of hydrogen-bond acceptors (Lipinski definition) is 3. The Morgan fingerprint density at radius 3 is 2.56 bits per heavy atom. The normalized spacial score (nSPS) is 17.2. The Bertz CT molecular complexity index is 740. The third-order valence-electron chi connectivity index (χ3n) is 3.75. The molecule has 1 aliphatic heterocycles. The van der Waals surface area contributed by atoms with Gasteiger partial charge in [0.1, 0.15) is 0 Å². The van der Waals surface area contributed by atoms with E-state index >= 15 is 0 Å². The highest BCUT2D eigenvalue weighted by Gasteiger charge is 2.40. The van der Waals surface area contributed by atoms with Crippen molar-refractivity contribution in [2.24, 2.45) is 0 Å². The van der Waals surface area contributed by atoms with E-state index in [0.29, 0.717) is 22.7 Å². The van der Waals surface area contributed by atoms with Crippen LogP contribution in [0.15, 0.2) is 30.5 Å². The summed E-state index contributed by atoms with van der Waals surface area (Å²) in [7, 11) is 0. The fourth-order valence-corrected chi connectivity index (χ4v) is 2.73. The SMILES string of the molecule is Cl.O=C(NC1CCNC1)c1cnn(-c2ccc(Cl)cc2)c1C(F)(F)F. The van der Waals surface area contributed by atoms with Crippen LogP contribution < -0.4 is 10.6 Å². The third kappa shape index (κ3) is 4.26. The lowest BCUT2D eigenvalue weighted by Gasteiger charge is -2.14. The number of carbonyl (C=O) groups excluding carboxylic acids is 1. The van der Waals surface area contributed by atoms with Crippen LogP contribution in [-0.4, -0.2) is 34.8 Å². The van der Waals surface area contributed by atoms with Gasteiger partial charge in [0.15, 0.2) is 5.69 Å². The monoisotopic (exact) mass is 394 g/mol. The Hall–Kier alpha value is -1.77. The molecule has 0 saturated carbocycles. The van der Waals surface area contributed by atoms with Gasteiger partial charge >= 0.3 is 6.18 Å². The second-order valence-corrected chi connectivity index (χ2v) is 5.89. The van der Waals surface area contributed by atoms with E-state index in [1.807, 2.05) is 0 Å². The molecule has 0 bridgehead atoms. The van der Waals surface area contributed by atoms with E-state index in [1.165, 1.54) is 24.3 Å². The Morgan fingerprint density at radius 2 is 2.00 bits per heavy atom. The summed E-state index contributed by atoms with van der Waals surface area (Å²) in [4.78, 5) is 12.3.